The summed E-state index contributed by atoms with van der Waals surface area (Å²) in [5.41, 5.74) is 3.00. The summed E-state index contributed by atoms with van der Waals surface area (Å²) in [6, 6.07) is 8.09. The summed E-state index contributed by atoms with van der Waals surface area (Å²) < 4.78 is 7.80. The highest BCUT2D eigenvalue weighted by atomic mass is 35.5. The molecule has 0 spiro atoms. The molecule has 0 saturated heterocycles. The Bertz CT molecular complexity index is 563. The van der Waals surface area contributed by atoms with Gasteiger partial charge in [-0.05, 0) is 31.9 Å². The molecule has 2 rings (SSSR count). The van der Waals surface area contributed by atoms with Crippen molar-refractivity contribution in [2.24, 2.45) is 0 Å². The van der Waals surface area contributed by atoms with Crippen molar-refractivity contribution >= 4 is 11.6 Å². The molecule has 1 aromatic carbocycles. The van der Waals surface area contributed by atoms with Crippen molar-refractivity contribution in [2.75, 3.05) is 0 Å². The van der Waals surface area contributed by atoms with Crippen molar-refractivity contribution in [3.8, 4) is 5.75 Å². The number of aromatic nitrogens is 2. The van der Waals surface area contributed by atoms with E-state index in [9.17, 15) is 0 Å². The highest BCUT2D eigenvalue weighted by Gasteiger charge is 2.13. The normalized spacial score (nSPS) is 10.7. The zero-order valence-electron chi connectivity index (χ0n) is 11.6. The van der Waals surface area contributed by atoms with E-state index >= 15 is 0 Å². The maximum Gasteiger partial charge on any atom is 0.131 e. The molecule has 0 N–H and O–H groups in total. The van der Waals surface area contributed by atoms with Crippen LogP contribution in [0.25, 0.3) is 0 Å². The average Bonchev–Trinajstić information content (AvgIpc) is 2.72. The highest BCUT2D eigenvalue weighted by Crippen LogP contribution is 2.24. The Hall–Kier alpha value is -1.48. The first-order valence-corrected chi connectivity index (χ1v) is 6.97. The molecule has 0 radical (unpaired) electrons. The largest absolute Gasteiger partial charge is 0.487 e. The van der Waals surface area contributed by atoms with Crippen LogP contribution in [0.4, 0.5) is 0 Å². The molecule has 2 aromatic rings. The van der Waals surface area contributed by atoms with Gasteiger partial charge in [-0.15, -0.1) is 0 Å². The maximum atomic E-state index is 6.27. The van der Waals surface area contributed by atoms with Crippen molar-refractivity contribution in [3.05, 3.63) is 46.2 Å². The molecular formula is C15H19ClN2O. The Balaban J connectivity index is 2.19. The number of rotatable bonds is 5. The number of nitrogens with zero attached hydrogens (tertiary/aromatic N) is 2. The van der Waals surface area contributed by atoms with Gasteiger partial charge in [0.05, 0.1) is 16.4 Å². The second-order valence-corrected chi connectivity index (χ2v) is 4.79. The van der Waals surface area contributed by atoms with Crippen LogP contribution in [0.2, 0.25) is 5.02 Å². The van der Waals surface area contributed by atoms with Gasteiger partial charge >= 0.3 is 0 Å². The molecule has 3 nitrogen and oxygen atoms in total. The summed E-state index contributed by atoms with van der Waals surface area (Å²) in [6.45, 7) is 7.33. The molecule has 0 fully saturated rings. The van der Waals surface area contributed by atoms with E-state index in [1.165, 1.54) is 5.56 Å². The van der Waals surface area contributed by atoms with Crippen LogP contribution in [-0.2, 0) is 19.6 Å². The van der Waals surface area contributed by atoms with Gasteiger partial charge in [0.2, 0.25) is 0 Å². The minimum atomic E-state index is 0.449. The van der Waals surface area contributed by atoms with Crippen LogP contribution in [0, 0.1) is 6.92 Å². The van der Waals surface area contributed by atoms with E-state index in [0.717, 1.165) is 30.1 Å². The van der Waals surface area contributed by atoms with E-state index in [1.54, 1.807) is 0 Å². The first-order chi connectivity index (χ1) is 9.17. The van der Waals surface area contributed by atoms with Crippen LogP contribution < -0.4 is 4.74 Å². The Labute approximate surface area is 119 Å². The van der Waals surface area contributed by atoms with Crippen LogP contribution in [-0.4, -0.2) is 9.78 Å². The molecule has 0 unspecified atom stereocenters. The number of hydrogen-bond donors (Lipinski definition) is 0. The monoisotopic (exact) mass is 278 g/mol. The lowest BCUT2D eigenvalue weighted by atomic mass is 10.1. The van der Waals surface area contributed by atoms with Crippen LogP contribution in [0.5, 0.6) is 5.75 Å². The molecule has 0 aliphatic carbocycles. The molecule has 0 aliphatic rings. The van der Waals surface area contributed by atoms with E-state index in [1.807, 2.05) is 36.7 Å². The van der Waals surface area contributed by atoms with Crippen LogP contribution in [0.3, 0.4) is 0 Å². The maximum absolute atomic E-state index is 6.27. The topological polar surface area (TPSA) is 27.1 Å². The van der Waals surface area contributed by atoms with Crippen molar-refractivity contribution in [3.63, 3.8) is 0 Å². The van der Waals surface area contributed by atoms with E-state index in [2.05, 4.69) is 18.1 Å². The van der Waals surface area contributed by atoms with E-state index < -0.39 is 0 Å². The predicted molar refractivity (Wildman–Crippen MR) is 77.8 cm³/mol. The quantitative estimate of drug-likeness (QED) is 0.826. The smallest absolute Gasteiger partial charge is 0.131 e. The molecule has 4 heteroatoms. The van der Waals surface area contributed by atoms with Crippen LogP contribution in [0.1, 0.15) is 30.8 Å². The number of benzene rings is 1. The fourth-order valence-corrected chi connectivity index (χ4v) is 2.28. The first kappa shape index (κ1) is 13.9. The lowest BCUT2D eigenvalue weighted by Gasteiger charge is -2.11. The van der Waals surface area contributed by atoms with Crippen molar-refractivity contribution in [1.82, 2.24) is 9.78 Å². The zero-order chi connectivity index (χ0) is 13.8. The number of halogens is 1. The van der Waals surface area contributed by atoms with E-state index in [0.29, 0.717) is 11.6 Å². The number of hydrogen-bond acceptors (Lipinski definition) is 2. The fraction of sp³-hybridized carbons (Fsp3) is 0.400. The third-order valence-corrected chi connectivity index (χ3v) is 3.66. The second-order valence-electron chi connectivity index (χ2n) is 4.41. The van der Waals surface area contributed by atoms with Gasteiger partial charge in [0, 0.05) is 6.54 Å². The van der Waals surface area contributed by atoms with Gasteiger partial charge in [-0.3, -0.25) is 4.68 Å². The molecule has 0 amide bonds. The van der Waals surface area contributed by atoms with Gasteiger partial charge in [-0.1, -0.05) is 36.7 Å². The Morgan fingerprint density at radius 2 is 2.00 bits per heavy atom. The van der Waals surface area contributed by atoms with Gasteiger partial charge in [0.15, 0.2) is 0 Å². The summed E-state index contributed by atoms with van der Waals surface area (Å²) in [7, 11) is 0. The number of ether oxygens (including phenoxy) is 1. The molecular weight excluding hydrogens is 260 g/mol. The predicted octanol–water partition coefficient (Wildman–Crippen LogP) is 4.01. The van der Waals surface area contributed by atoms with E-state index in [-0.39, 0.29) is 0 Å². The number of para-hydroxylation sites is 1. The van der Waals surface area contributed by atoms with Crippen molar-refractivity contribution in [2.45, 2.75) is 40.3 Å². The minimum Gasteiger partial charge on any atom is -0.487 e. The highest BCUT2D eigenvalue weighted by molar-refractivity contribution is 6.31. The van der Waals surface area contributed by atoms with Gasteiger partial charge in [0.1, 0.15) is 12.4 Å². The van der Waals surface area contributed by atoms with Gasteiger partial charge in [0.25, 0.3) is 0 Å². The summed E-state index contributed by atoms with van der Waals surface area (Å²) >= 11 is 6.27. The van der Waals surface area contributed by atoms with Gasteiger partial charge in [-0.2, -0.15) is 5.10 Å². The molecule has 19 heavy (non-hydrogen) atoms. The molecule has 0 aliphatic heterocycles. The van der Waals surface area contributed by atoms with Crippen molar-refractivity contribution < 1.29 is 4.74 Å². The number of aryl methyl sites for hydroxylation is 3. The van der Waals surface area contributed by atoms with Crippen LogP contribution >= 0.6 is 11.6 Å². The molecule has 102 valence electrons. The second kappa shape index (κ2) is 6.11. The zero-order valence-corrected chi connectivity index (χ0v) is 12.4. The Morgan fingerprint density at radius 1 is 1.26 bits per heavy atom. The SMILES string of the molecule is CCc1ccccc1OCc1c(Cl)c(C)nn1CC. The lowest BCUT2D eigenvalue weighted by molar-refractivity contribution is 0.290. The van der Waals surface area contributed by atoms with Crippen molar-refractivity contribution in [1.29, 1.82) is 0 Å². The average molecular weight is 279 g/mol. The summed E-state index contributed by atoms with van der Waals surface area (Å²) in [4.78, 5) is 0. The third kappa shape index (κ3) is 2.92. The summed E-state index contributed by atoms with van der Waals surface area (Å²) in [6.07, 6.45) is 0.954. The fourth-order valence-electron chi connectivity index (χ4n) is 2.09. The third-order valence-electron chi connectivity index (χ3n) is 3.17. The minimum absolute atomic E-state index is 0.449. The Morgan fingerprint density at radius 3 is 2.68 bits per heavy atom. The van der Waals surface area contributed by atoms with Gasteiger partial charge < -0.3 is 4.74 Å². The summed E-state index contributed by atoms with van der Waals surface area (Å²) in [5, 5.41) is 5.09. The standard InChI is InChI=1S/C15H19ClN2O/c1-4-12-8-6-7-9-14(12)19-10-13-15(16)11(3)17-18(13)5-2/h6-9H,4-5,10H2,1-3H3. The van der Waals surface area contributed by atoms with Crippen LogP contribution in [0.15, 0.2) is 24.3 Å². The molecule has 0 bridgehead atoms. The lowest BCUT2D eigenvalue weighted by Crippen LogP contribution is -2.07. The molecule has 1 heterocycles. The first-order valence-electron chi connectivity index (χ1n) is 6.59. The Kier molecular flexibility index (Phi) is 4.48. The molecule has 1 aromatic heterocycles. The summed E-state index contributed by atoms with van der Waals surface area (Å²) in [5.74, 6) is 0.919. The van der Waals surface area contributed by atoms with E-state index in [4.69, 9.17) is 16.3 Å². The molecule has 0 atom stereocenters. The molecule has 0 saturated carbocycles. The van der Waals surface area contributed by atoms with Gasteiger partial charge in [-0.25, -0.2) is 0 Å².